The third kappa shape index (κ3) is 3.59. The minimum absolute atomic E-state index is 0.171. The highest BCUT2D eigenvalue weighted by Crippen LogP contribution is 2.28. The fourth-order valence-corrected chi connectivity index (χ4v) is 3.26. The molecule has 1 saturated heterocycles. The van der Waals surface area contributed by atoms with Crippen molar-refractivity contribution in [2.75, 3.05) is 26.2 Å². The average Bonchev–Trinajstić information content (AvgIpc) is 3.34. The fourth-order valence-electron chi connectivity index (χ4n) is 3.26. The molecule has 3 aliphatic rings. The van der Waals surface area contributed by atoms with Crippen LogP contribution in [-0.2, 0) is 4.74 Å². The van der Waals surface area contributed by atoms with Crippen LogP contribution in [0, 0.1) is 0 Å². The maximum Gasteiger partial charge on any atom is 0.552 e. The van der Waals surface area contributed by atoms with E-state index in [1.54, 1.807) is 17.0 Å². The lowest BCUT2D eigenvalue weighted by Crippen LogP contribution is -2.52. The van der Waals surface area contributed by atoms with Crippen LogP contribution in [0.2, 0.25) is 0 Å². The Hall–Kier alpha value is -3.47. The summed E-state index contributed by atoms with van der Waals surface area (Å²) in [6.45, 7) is 7.33. The number of carboxylic acid groups (broad SMARTS) is 1. The Bertz CT molecular complexity index is 980. The van der Waals surface area contributed by atoms with Crippen LogP contribution >= 0.6 is 0 Å². The molecule has 1 aromatic rings. The molecule has 11 heteroatoms. The van der Waals surface area contributed by atoms with E-state index in [0.29, 0.717) is 37.8 Å². The molecule has 11 nitrogen and oxygen atoms in total. The summed E-state index contributed by atoms with van der Waals surface area (Å²) in [5, 5.41) is 14.2. The van der Waals surface area contributed by atoms with Crippen molar-refractivity contribution in [3.63, 3.8) is 0 Å². The zero-order valence-electron chi connectivity index (χ0n) is 17.0. The first-order valence-corrected chi connectivity index (χ1v) is 9.53. The topological polar surface area (TPSA) is 120 Å². The molecule has 158 valence electrons. The third-order valence-corrected chi connectivity index (χ3v) is 4.73. The van der Waals surface area contributed by atoms with E-state index in [1.165, 1.54) is 18.7 Å². The second kappa shape index (κ2) is 7.10. The predicted octanol–water partition coefficient (Wildman–Crippen LogP) is 2.28. The molecule has 1 unspecified atom stereocenters. The first-order chi connectivity index (χ1) is 14.2. The number of carbonyl (C=O) groups excluding carboxylic acids is 1. The Morgan fingerprint density at radius 2 is 1.97 bits per heavy atom. The van der Waals surface area contributed by atoms with Gasteiger partial charge >= 0.3 is 12.2 Å². The lowest BCUT2D eigenvalue weighted by Gasteiger charge is -2.37. The second-order valence-corrected chi connectivity index (χ2v) is 8.04. The molecule has 1 atom stereocenters. The van der Waals surface area contributed by atoms with Gasteiger partial charge in [0.1, 0.15) is 11.8 Å². The number of quaternary nitrogens is 1. The van der Waals surface area contributed by atoms with Crippen LogP contribution in [0.3, 0.4) is 0 Å². The van der Waals surface area contributed by atoms with E-state index in [1.807, 2.05) is 25.7 Å². The van der Waals surface area contributed by atoms with Gasteiger partial charge in [-0.05, 0) is 42.6 Å². The normalized spacial score (nSPS) is 23.5. The summed E-state index contributed by atoms with van der Waals surface area (Å²) in [7, 11) is 0. The van der Waals surface area contributed by atoms with E-state index in [0.717, 1.165) is 0 Å². The van der Waals surface area contributed by atoms with Crippen LogP contribution in [0.1, 0.15) is 26.5 Å². The molecule has 1 aromatic heterocycles. The highest BCUT2D eigenvalue weighted by atomic mass is 16.6. The smallest absolute Gasteiger partial charge is 0.461 e. The summed E-state index contributed by atoms with van der Waals surface area (Å²) in [5.41, 5.74) is -0.558. The number of amidine groups is 2. The van der Waals surface area contributed by atoms with Crippen molar-refractivity contribution in [1.29, 1.82) is 0 Å². The minimum Gasteiger partial charge on any atom is -0.461 e. The van der Waals surface area contributed by atoms with Crippen LogP contribution in [0.25, 0.3) is 0 Å². The third-order valence-electron chi connectivity index (χ3n) is 4.73. The molecule has 0 saturated carbocycles. The molecule has 1 N–H and O–H groups in total. The molecule has 4 heterocycles. The highest BCUT2D eigenvalue weighted by Gasteiger charge is 2.51. The SMILES string of the molecule is CC(C)(C)OC(=O)N1CCN(C2=C[N+]3(C(=O)O)N=C(c4ccco4)N=C3C=N2)CC1. The average molecular weight is 415 g/mol. The maximum absolute atomic E-state index is 12.3. The number of hydrogen-bond acceptors (Lipinski definition) is 8. The van der Waals surface area contributed by atoms with Gasteiger partial charge in [-0.15, -0.1) is 0 Å². The molecule has 1 fully saturated rings. The standard InChI is InChI=1S/C19H22N6O5/c1-19(2,3)30-17(26)24-8-6-23(7-9-24)14-12-25(18(27)28)15(11-20-14)21-16(22-25)13-5-4-10-29-13/h4-5,10-12H,6-9H2,1-3H3/p+1. The van der Waals surface area contributed by atoms with Gasteiger partial charge in [0.25, 0.3) is 11.7 Å². The molecular weight excluding hydrogens is 392 g/mol. The van der Waals surface area contributed by atoms with Crippen molar-refractivity contribution in [1.82, 2.24) is 9.80 Å². The number of rotatable bonds is 2. The molecule has 4 rings (SSSR count). The highest BCUT2D eigenvalue weighted by molar-refractivity contribution is 6.33. The van der Waals surface area contributed by atoms with Gasteiger partial charge in [0, 0.05) is 26.2 Å². The summed E-state index contributed by atoms with van der Waals surface area (Å²) >= 11 is 0. The van der Waals surface area contributed by atoms with Gasteiger partial charge in [-0.1, -0.05) is 0 Å². The van der Waals surface area contributed by atoms with Crippen LogP contribution in [-0.4, -0.2) is 81.4 Å². The van der Waals surface area contributed by atoms with Crippen molar-refractivity contribution < 1.29 is 28.4 Å². The lowest BCUT2D eigenvalue weighted by atomic mass is 10.2. The molecule has 0 radical (unpaired) electrons. The fraction of sp³-hybridized carbons (Fsp3) is 0.421. The number of aliphatic imine (C=N–C) groups is 2. The van der Waals surface area contributed by atoms with E-state index in [4.69, 9.17) is 9.15 Å². The second-order valence-electron chi connectivity index (χ2n) is 8.04. The van der Waals surface area contributed by atoms with Gasteiger partial charge < -0.3 is 24.1 Å². The zero-order valence-corrected chi connectivity index (χ0v) is 17.0. The summed E-state index contributed by atoms with van der Waals surface area (Å²) in [5.74, 6) is 1.20. The lowest BCUT2D eigenvalue weighted by molar-refractivity contribution is -0.712. The zero-order chi connectivity index (χ0) is 21.5. The van der Waals surface area contributed by atoms with Crippen LogP contribution in [0.4, 0.5) is 9.59 Å². The number of ether oxygens (including phenoxy) is 1. The number of piperazine rings is 1. The molecular formula is C19H23N6O5+. The number of carbonyl (C=O) groups is 2. The van der Waals surface area contributed by atoms with Crippen molar-refractivity contribution in [3.05, 3.63) is 36.2 Å². The van der Waals surface area contributed by atoms with Crippen molar-refractivity contribution in [2.24, 2.45) is 15.1 Å². The van der Waals surface area contributed by atoms with Crippen LogP contribution in [0.5, 0.6) is 0 Å². The molecule has 0 spiro atoms. The van der Waals surface area contributed by atoms with E-state index in [-0.39, 0.29) is 17.8 Å². The summed E-state index contributed by atoms with van der Waals surface area (Å²) in [6, 6.07) is 3.34. The minimum atomic E-state index is -1.20. The molecule has 3 aliphatic heterocycles. The number of nitrogens with zero attached hydrogens (tertiary/aromatic N) is 6. The van der Waals surface area contributed by atoms with E-state index >= 15 is 0 Å². The Labute approximate surface area is 172 Å². The van der Waals surface area contributed by atoms with E-state index in [9.17, 15) is 14.7 Å². The number of fused-ring (bicyclic) bond motifs is 1. The quantitative estimate of drug-likeness (QED) is 0.740. The van der Waals surface area contributed by atoms with Gasteiger partial charge in [0.15, 0.2) is 17.8 Å². The van der Waals surface area contributed by atoms with Gasteiger partial charge in [0.2, 0.25) is 0 Å². The largest absolute Gasteiger partial charge is 0.552 e. The van der Waals surface area contributed by atoms with E-state index < -0.39 is 16.3 Å². The van der Waals surface area contributed by atoms with Gasteiger partial charge in [-0.2, -0.15) is 9.79 Å². The summed E-state index contributed by atoms with van der Waals surface area (Å²) in [4.78, 5) is 36.6. The summed E-state index contributed by atoms with van der Waals surface area (Å²) in [6.07, 6.45) is 2.76. The van der Waals surface area contributed by atoms with Gasteiger partial charge in [-0.25, -0.2) is 9.79 Å². The first-order valence-electron chi connectivity index (χ1n) is 9.53. The van der Waals surface area contributed by atoms with Crippen molar-refractivity contribution >= 4 is 30.1 Å². The Morgan fingerprint density at radius 3 is 2.57 bits per heavy atom. The predicted molar refractivity (Wildman–Crippen MR) is 107 cm³/mol. The van der Waals surface area contributed by atoms with Crippen molar-refractivity contribution in [2.45, 2.75) is 26.4 Å². The molecule has 0 bridgehead atoms. The van der Waals surface area contributed by atoms with Gasteiger partial charge in [0.05, 0.1) is 6.26 Å². The van der Waals surface area contributed by atoms with E-state index in [2.05, 4.69) is 15.1 Å². The molecule has 0 aliphatic carbocycles. The van der Waals surface area contributed by atoms with Crippen LogP contribution < -0.4 is 0 Å². The summed E-state index contributed by atoms with van der Waals surface area (Å²) < 4.78 is 9.87. The molecule has 0 aromatic carbocycles. The number of hydrogen-bond donors (Lipinski definition) is 1. The number of furan rings is 1. The maximum atomic E-state index is 12.3. The van der Waals surface area contributed by atoms with Gasteiger partial charge in [-0.3, -0.25) is 0 Å². The van der Waals surface area contributed by atoms with Crippen molar-refractivity contribution in [3.8, 4) is 0 Å². The Kier molecular flexibility index (Phi) is 4.69. The monoisotopic (exact) mass is 415 g/mol. The molecule has 30 heavy (non-hydrogen) atoms. The Morgan fingerprint density at radius 1 is 1.23 bits per heavy atom. The molecule has 2 amide bonds. The Balaban J connectivity index is 1.52. The van der Waals surface area contributed by atoms with Crippen LogP contribution in [0.15, 0.2) is 49.9 Å². The first kappa shape index (κ1) is 19.8. The number of amides is 2.